The molecule has 1 aliphatic rings. The van der Waals surface area contributed by atoms with Crippen molar-refractivity contribution in [2.24, 2.45) is 5.73 Å². The molecule has 0 aliphatic carbocycles. The molecule has 0 aromatic heterocycles. The largest absolute Gasteiger partial charge is 0.507 e. The first-order valence-electron chi connectivity index (χ1n) is 12.1. The predicted octanol–water partition coefficient (Wildman–Crippen LogP) is 6.06. The van der Waals surface area contributed by atoms with Crippen LogP contribution in [0.3, 0.4) is 0 Å². The number of aromatic hydroxyl groups is 2. The first-order valence-corrected chi connectivity index (χ1v) is 12.1. The summed E-state index contributed by atoms with van der Waals surface area (Å²) in [6.45, 7) is 5.97. The van der Waals surface area contributed by atoms with E-state index in [0.29, 0.717) is 22.3 Å². The van der Waals surface area contributed by atoms with E-state index in [1.165, 1.54) is 38.5 Å². The van der Waals surface area contributed by atoms with Crippen molar-refractivity contribution in [3.8, 4) is 22.6 Å². The molecule has 1 amide bonds. The van der Waals surface area contributed by atoms with E-state index in [2.05, 4.69) is 11.8 Å². The van der Waals surface area contributed by atoms with Gasteiger partial charge in [-0.15, -0.1) is 0 Å². The van der Waals surface area contributed by atoms with Crippen LogP contribution in [0.2, 0.25) is 0 Å². The van der Waals surface area contributed by atoms with E-state index >= 15 is 0 Å². The van der Waals surface area contributed by atoms with Gasteiger partial charge in [-0.05, 0) is 57.0 Å². The number of rotatable bonds is 11. The minimum absolute atomic E-state index is 0.0375. The second-order valence-corrected chi connectivity index (χ2v) is 9.07. The number of hydrogen-bond acceptors (Lipinski definition) is 4. The summed E-state index contributed by atoms with van der Waals surface area (Å²) in [5, 5.41) is 21.9. The molecule has 5 nitrogen and oxygen atoms in total. The number of carbonyl (C=O) groups excluding carboxylic acids is 1. The van der Waals surface area contributed by atoms with Gasteiger partial charge in [0.15, 0.2) is 0 Å². The van der Waals surface area contributed by atoms with Gasteiger partial charge in [0, 0.05) is 28.3 Å². The van der Waals surface area contributed by atoms with Crippen molar-refractivity contribution in [2.45, 2.75) is 77.7 Å². The normalized spacial score (nSPS) is 16.5. The summed E-state index contributed by atoms with van der Waals surface area (Å²) in [5.74, 6) is -0.330. The van der Waals surface area contributed by atoms with Gasteiger partial charge >= 0.3 is 0 Å². The van der Waals surface area contributed by atoms with E-state index in [1.807, 2.05) is 19.1 Å². The third-order valence-electron chi connectivity index (χ3n) is 6.76. The first-order chi connectivity index (χ1) is 15.5. The van der Waals surface area contributed by atoms with Gasteiger partial charge in [0.1, 0.15) is 11.5 Å². The van der Waals surface area contributed by atoms with Crippen LogP contribution in [-0.2, 0) is 0 Å². The van der Waals surface area contributed by atoms with Crippen molar-refractivity contribution in [2.75, 3.05) is 13.1 Å². The number of aryl methyl sites for hydroxylation is 1. The number of nitrogens with zero attached hydrogens (tertiary/aromatic N) is 1. The standard InChI is InChI=1S/C27H38N2O3/c1-3-4-5-6-7-8-9-17-29-18-11-14-23(29)24-22(27(28)32)16-15-21(26(24)31)20-13-10-12-19(2)25(20)30/h10,12-13,15-16,23,30-31H,3-9,11,14,17-18H2,1-2H3,(H2,28,32). The summed E-state index contributed by atoms with van der Waals surface area (Å²) in [6.07, 6.45) is 10.7. The van der Waals surface area contributed by atoms with Gasteiger partial charge in [-0.25, -0.2) is 0 Å². The Morgan fingerprint density at radius 2 is 1.69 bits per heavy atom. The number of phenolic OH excluding ortho intramolecular Hbond substituents is 2. The van der Waals surface area contributed by atoms with Crippen LogP contribution < -0.4 is 5.73 Å². The fourth-order valence-corrected chi connectivity index (χ4v) is 4.95. The maximum absolute atomic E-state index is 12.2. The van der Waals surface area contributed by atoms with Gasteiger partial charge in [-0.3, -0.25) is 9.69 Å². The Balaban J connectivity index is 1.83. The highest BCUT2D eigenvalue weighted by Crippen LogP contribution is 2.45. The van der Waals surface area contributed by atoms with Crippen LogP contribution in [0, 0.1) is 6.92 Å². The van der Waals surface area contributed by atoms with Crippen LogP contribution in [0.15, 0.2) is 30.3 Å². The lowest BCUT2D eigenvalue weighted by Crippen LogP contribution is -2.27. The molecule has 1 unspecified atom stereocenters. The lowest BCUT2D eigenvalue weighted by atomic mass is 9.90. The van der Waals surface area contributed by atoms with Gasteiger partial charge in [0.25, 0.3) is 0 Å². The smallest absolute Gasteiger partial charge is 0.249 e. The molecule has 1 atom stereocenters. The maximum atomic E-state index is 12.2. The highest BCUT2D eigenvalue weighted by Gasteiger charge is 2.32. The number of likely N-dealkylation sites (tertiary alicyclic amines) is 1. The van der Waals surface area contributed by atoms with E-state index in [-0.39, 0.29) is 17.5 Å². The Labute approximate surface area is 192 Å². The number of unbranched alkanes of at least 4 members (excludes halogenated alkanes) is 6. The van der Waals surface area contributed by atoms with E-state index in [4.69, 9.17) is 5.73 Å². The third-order valence-corrected chi connectivity index (χ3v) is 6.76. The summed E-state index contributed by atoms with van der Waals surface area (Å²) in [7, 11) is 0. The highest BCUT2D eigenvalue weighted by atomic mass is 16.3. The molecule has 1 fully saturated rings. The van der Waals surface area contributed by atoms with E-state index in [0.717, 1.165) is 37.9 Å². The number of amides is 1. The van der Waals surface area contributed by atoms with Crippen LogP contribution in [0.4, 0.5) is 0 Å². The molecule has 0 radical (unpaired) electrons. The quantitative estimate of drug-likeness (QED) is 0.372. The summed E-state index contributed by atoms with van der Waals surface area (Å²) in [5.41, 5.74) is 8.52. The lowest BCUT2D eigenvalue weighted by molar-refractivity contribution is 0.0996. The van der Waals surface area contributed by atoms with Gasteiger partial charge in [-0.1, -0.05) is 63.6 Å². The number of primary amides is 1. The molecule has 3 rings (SSSR count). The van der Waals surface area contributed by atoms with Crippen molar-refractivity contribution < 1.29 is 15.0 Å². The molecule has 32 heavy (non-hydrogen) atoms. The zero-order valence-corrected chi connectivity index (χ0v) is 19.6. The maximum Gasteiger partial charge on any atom is 0.249 e. The van der Waals surface area contributed by atoms with Crippen LogP contribution in [0.5, 0.6) is 11.5 Å². The SMILES string of the molecule is CCCCCCCCCN1CCCC1c1c(C(N)=O)ccc(-c2cccc(C)c2O)c1O. The molecule has 2 aromatic carbocycles. The van der Waals surface area contributed by atoms with Gasteiger partial charge in [-0.2, -0.15) is 0 Å². The third kappa shape index (κ3) is 5.44. The zero-order chi connectivity index (χ0) is 23.1. The topological polar surface area (TPSA) is 86.8 Å². The van der Waals surface area contributed by atoms with E-state index in [9.17, 15) is 15.0 Å². The van der Waals surface area contributed by atoms with Gasteiger partial charge < -0.3 is 15.9 Å². The molecule has 1 saturated heterocycles. The minimum Gasteiger partial charge on any atom is -0.507 e. The van der Waals surface area contributed by atoms with Crippen LogP contribution in [0.1, 0.15) is 92.2 Å². The molecule has 4 N–H and O–H groups in total. The highest BCUT2D eigenvalue weighted by molar-refractivity contribution is 5.97. The average molecular weight is 439 g/mol. The van der Waals surface area contributed by atoms with Crippen LogP contribution in [0.25, 0.3) is 11.1 Å². The average Bonchev–Trinajstić information content (AvgIpc) is 3.23. The molecule has 174 valence electrons. The number of para-hydroxylation sites is 1. The lowest BCUT2D eigenvalue weighted by Gasteiger charge is -2.27. The van der Waals surface area contributed by atoms with Crippen molar-refractivity contribution >= 4 is 5.91 Å². The molecule has 1 heterocycles. The summed E-state index contributed by atoms with van der Waals surface area (Å²) in [6, 6.07) is 8.81. The molecular weight excluding hydrogens is 400 g/mol. The molecule has 5 heteroatoms. The monoisotopic (exact) mass is 438 g/mol. The number of benzene rings is 2. The second kappa shape index (κ2) is 11.4. The summed E-state index contributed by atoms with van der Waals surface area (Å²) in [4.78, 5) is 14.6. The molecular formula is C27H38N2O3. The fourth-order valence-electron chi connectivity index (χ4n) is 4.95. The van der Waals surface area contributed by atoms with Crippen molar-refractivity contribution in [3.63, 3.8) is 0 Å². The van der Waals surface area contributed by atoms with Crippen LogP contribution >= 0.6 is 0 Å². The fraction of sp³-hybridized carbons (Fsp3) is 0.519. The molecule has 1 aliphatic heterocycles. The molecule has 0 spiro atoms. The Morgan fingerprint density at radius 1 is 1.00 bits per heavy atom. The number of nitrogens with two attached hydrogens (primary N) is 1. The Hall–Kier alpha value is -2.53. The Kier molecular flexibility index (Phi) is 8.57. The Bertz CT molecular complexity index is 925. The van der Waals surface area contributed by atoms with E-state index in [1.54, 1.807) is 18.2 Å². The van der Waals surface area contributed by atoms with Gasteiger partial charge in [0.2, 0.25) is 5.91 Å². The van der Waals surface area contributed by atoms with Crippen molar-refractivity contribution in [3.05, 3.63) is 47.0 Å². The van der Waals surface area contributed by atoms with Crippen molar-refractivity contribution in [1.29, 1.82) is 0 Å². The number of hydrogen-bond donors (Lipinski definition) is 3. The second-order valence-electron chi connectivity index (χ2n) is 9.07. The zero-order valence-electron chi connectivity index (χ0n) is 19.6. The molecule has 0 saturated carbocycles. The van der Waals surface area contributed by atoms with Crippen LogP contribution in [-0.4, -0.2) is 34.1 Å². The molecule has 0 bridgehead atoms. The number of phenols is 2. The minimum atomic E-state index is -0.530. The van der Waals surface area contributed by atoms with E-state index < -0.39 is 5.91 Å². The van der Waals surface area contributed by atoms with Gasteiger partial charge in [0.05, 0.1) is 0 Å². The summed E-state index contributed by atoms with van der Waals surface area (Å²) >= 11 is 0. The summed E-state index contributed by atoms with van der Waals surface area (Å²) < 4.78 is 0. The first kappa shape index (κ1) is 24.1. The predicted molar refractivity (Wildman–Crippen MR) is 130 cm³/mol. The molecule has 2 aromatic rings. The van der Waals surface area contributed by atoms with Crippen molar-refractivity contribution in [1.82, 2.24) is 4.90 Å². The number of carbonyl (C=O) groups is 1. The Morgan fingerprint density at radius 3 is 2.41 bits per heavy atom.